The van der Waals surface area contributed by atoms with Crippen molar-refractivity contribution in [3.63, 3.8) is 0 Å². The van der Waals surface area contributed by atoms with Crippen molar-refractivity contribution in [1.82, 2.24) is 9.55 Å². The highest BCUT2D eigenvalue weighted by Gasteiger charge is 2.13. The minimum atomic E-state index is -0.0956. The van der Waals surface area contributed by atoms with E-state index >= 15 is 0 Å². The van der Waals surface area contributed by atoms with Gasteiger partial charge in [-0.05, 0) is 37.3 Å². The third-order valence-electron chi connectivity index (χ3n) is 3.47. The average Bonchev–Trinajstić information content (AvgIpc) is 2.59. The topological polar surface area (TPSA) is 44.1 Å². The molecule has 3 rings (SSSR count). The lowest BCUT2D eigenvalue weighted by Crippen LogP contribution is -2.22. The van der Waals surface area contributed by atoms with Gasteiger partial charge in [0.15, 0.2) is 5.16 Å². The van der Waals surface area contributed by atoms with Crippen molar-refractivity contribution < 1.29 is 4.74 Å². The summed E-state index contributed by atoms with van der Waals surface area (Å²) in [7, 11) is 0. The summed E-state index contributed by atoms with van der Waals surface area (Å²) >= 11 is 7.60. The number of thioether (sulfide) groups is 1. The van der Waals surface area contributed by atoms with Crippen molar-refractivity contribution in [2.24, 2.45) is 0 Å². The highest BCUT2D eigenvalue weighted by molar-refractivity contribution is 7.99. The van der Waals surface area contributed by atoms with Gasteiger partial charge in [0.25, 0.3) is 5.56 Å². The third kappa shape index (κ3) is 3.64. The molecule has 24 heavy (non-hydrogen) atoms. The first-order chi connectivity index (χ1) is 11.7. The van der Waals surface area contributed by atoms with E-state index in [-0.39, 0.29) is 5.56 Å². The zero-order chi connectivity index (χ0) is 16.9. The Morgan fingerprint density at radius 1 is 1.21 bits per heavy atom. The van der Waals surface area contributed by atoms with Gasteiger partial charge >= 0.3 is 0 Å². The van der Waals surface area contributed by atoms with Gasteiger partial charge in [0.1, 0.15) is 0 Å². The van der Waals surface area contributed by atoms with E-state index in [1.165, 1.54) is 11.8 Å². The smallest absolute Gasteiger partial charge is 0.266 e. The Labute approximate surface area is 149 Å². The minimum Gasteiger partial charge on any atom is -0.381 e. The second kappa shape index (κ2) is 7.83. The van der Waals surface area contributed by atoms with Crippen molar-refractivity contribution in [2.75, 3.05) is 19.0 Å². The first-order valence-electron chi connectivity index (χ1n) is 7.69. The van der Waals surface area contributed by atoms with Crippen LogP contribution < -0.4 is 5.56 Å². The van der Waals surface area contributed by atoms with Gasteiger partial charge in [-0.25, -0.2) is 4.98 Å². The molecule has 0 amide bonds. The molecule has 0 spiro atoms. The third-order valence-corrected chi connectivity index (χ3v) is 4.61. The summed E-state index contributed by atoms with van der Waals surface area (Å²) in [6, 6.07) is 14.6. The lowest BCUT2D eigenvalue weighted by molar-refractivity contribution is 0.164. The Morgan fingerprint density at radius 3 is 2.83 bits per heavy atom. The minimum absolute atomic E-state index is 0.0956. The van der Waals surface area contributed by atoms with Crippen molar-refractivity contribution in [3.05, 3.63) is 63.9 Å². The standard InChI is InChI=1S/C18H17ClN2O2S/c1-2-23-10-11-24-18-20-16-9-4-3-8-15(16)17(22)21(18)14-7-5-6-13(19)12-14/h3-9,12H,2,10-11H2,1H3. The second-order valence-corrected chi connectivity index (χ2v) is 6.58. The number of para-hydroxylation sites is 1. The highest BCUT2D eigenvalue weighted by atomic mass is 35.5. The van der Waals surface area contributed by atoms with Gasteiger partial charge in [0, 0.05) is 17.4 Å². The van der Waals surface area contributed by atoms with Gasteiger partial charge in [-0.15, -0.1) is 0 Å². The molecule has 0 aliphatic heterocycles. The maximum Gasteiger partial charge on any atom is 0.266 e. The van der Waals surface area contributed by atoms with Crippen LogP contribution in [0.25, 0.3) is 16.6 Å². The van der Waals surface area contributed by atoms with Gasteiger partial charge in [-0.3, -0.25) is 9.36 Å². The van der Waals surface area contributed by atoms with Crippen molar-refractivity contribution >= 4 is 34.3 Å². The fourth-order valence-corrected chi connectivity index (χ4v) is 3.44. The number of hydrogen-bond donors (Lipinski definition) is 0. The molecule has 3 aromatic rings. The van der Waals surface area contributed by atoms with Gasteiger partial charge < -0.3 is 4.74 Å². The summed E-state index contributed by atoms with van der Waals surface area (Å²) < 4.78 is 7.00. The number of ether oxygens (including phenoxy) is 1. The van der Waals surface area contributed by atoms with Crippen molar-refractivity contribution in [2.45, 2.75) is 12.1 Å². The van der Waals surface area contributed by atoms with Crippen molar-refractivity contribution in [1.29, 1.82) is 0 Å². The van der Waals surface area contributed by atoms with Crippen LogP contribution >= 0.6 is 23.4 Å². The number of nitrogens with zero attached hydrogens (tertiary/aromatic N) is 2. The normalized spacial score (nSPS) is 11.1. The molecule has 2 aromatic carbocycles. The first-order valence-corrected chi connectivity index (χ1v) is 9.05. The number of halogens is 1. The lowest BCUT2D eigenvalue weighted by Gasteiger charge is -2.13. The molecule has 124 valence electrons. The first kappa shape index (κ1) is 17.0. The summed E-state index contributed by atoms with van der Waals surface area (Å²) in [5, 5.41) is 1.81. The quantitative estimate of drug-likeness (QED) is 0.376. The Bertz CT molecular complexity index is 911. The maximum absolute atomic E-state index is 13.0. The summed E-state index contributed by atoms with van der Waals surface area (Å²) in [5.41, 5.74) is 1.31. The molecular weight excluding hydrogens is 344 g/mol. The fourth-order valence-electron chi connectivity index (χ4n) is 2.39. The summed E-state index contributed by atoms with van der Waals surface area (Å²) in [6.45, 7) is 3.24. The predicted molar refractivity (Wildman–Crippen MR) is 99.6 cm³/mol. The second-order valence-electron chi connectivity index (χ2n) is 5.08. The van der Waals surface area contributed by atoms with E-state index in [4.69, 9.17) is 16.3 Å². The number of aromatic nitrogens is 2. The highest BCUT2D eigenvalue weighted by Crippen LogP contribution is 2.22. The number of hydrogen-bond acceptors (Lipinski definition) is 4. The molecule has 1 aromatic heterocycles. The van der Waals surface area contributed by atoms with Crippen LogP contribution in [0.5, 0.6) is 0 Å². The average molecular weight is 361 g/mol. The monoisotopic (exact) mass is 360 g/mol. The molecule has 0 unspecified atom stereocenters. The largest absolute Gasteiger partial charge is 0.381 e. The van der Waals surface area contributed by atoms with Crippen molar-refractivity contribution in [3.8, 4) is 5.69 Å². The molecule has 0 N–H and O–H groups in total. The van der Waals surface area contributed by atoms with E-state index in [1.807, 2.05) is 37.3 Å². The van der Waals surface area contributed by atoms with E-state index in [0.717, 1.165) is 5.75 Å². The number of benzene rings is 2. The van der Waals surface area contributed by atoms with Gasteiger partial charge in [-0.2, -0.15) is 0 Å². The maximum atomic E-state index is 13.0. The van der Waals surface area contributed by atoms with Crippen LogP contribution in [0.1, 0.15) is 6.92 Å². The van der Waals surface area contributed by atoms with Crippen LogP contribution in [0.2, 0.25) is 5.02 Å². The van der Waals surface area contributed by atoms with E-state index in [9.17, 15) is 4.79 Å². The molecule has 0 radical (unpaired) electrons. The summed E-state index contributed by atoms with van der Waals surface area (Å²) in [5.74, 6) is 0.721. The summed E-state index contributed by atoms with van der Waals surface area (Å²) in [4.78, 5) is 17.7. The molecular formula is C18H17ClN2O2S. The predicted octanol–water partition coefficient (Wildman–Crippen LogP) is 4.17. The fraction of sp³-hybridized carbons (Fsp3) is 0.222. The summed E-state index contributed by atoms with van der Waals surface area (Å²) in [6.07, 6.45) is 0. The van der Waals surface area contributed by atoms with Crippen LogP contribution in [-0.2, 0) is 4.74 Å². The van der Waals surface area contributed by atoms with Crippen LogP contribution in [0.3, 0.4) is 0 Å². The van der Waals surface area contributed by atoms with Crippen LogP contribution in [0.4, 0.5) is 0 Å². The molecule has 1 heterocycles. The molecule has 0 saturated carbocycles. The van der Waals surface area contributed by atoms with E-state index in [2.05, 4.69) is 4.98 Å². The van der Waals surface area contributed by atoms with Crippen LogP contribution in [0.15, 0.2) is 58.5 Å². The Kier molecular flexibility index (Phi) is 5.56. The van der Waals surface area contributed by atoms with E-state index < -0.39 is 0 Å². The SMILES string of the molecule is CCOCCSc1nc2ccccc2c(=O)n1-c1cccc(Cl)c1. The van der Waals surface area contributed by atoms with Crippen LogP contribution in [-0.4, -0.2) is 28.5 Å². The molecule has 0 atom stereocenters. The lowest BCUT2D eigenvalue weighted by atomic mass is 10.2. The van der Waals surface area contributed by atoms with Gasteiger partial charge in [0.2, 0.25) is 0 Å². The van der Waals surface area contributed by atoms with Gasteiger partial charge in [-0.1, -0.05) is 41.6 Å². The Morgan fingerprint density at radius 2 is 2.04 bits per heavy atom. The Hall–Kier alpha value is -1.82. The molecule has 0 aliphatic rings. The van der Waals surface area contributed by atoms with Crippen LogP contribution in [0, 0.1) is 0 Å². The molecule has 0 fully saturated rings. The zero-order valence-corrected chi connectivity index (χ0v) is 14.8. The zero-order valence-electron chi connectivity index (χ0n) is 13.2. The molecule has 4 nitrogen and oxygen atoms in total. The number of fused-ring (bicyclic) bond motifs is 1. The van der Waals surface area contributed by atoms with E-state index in [1.54, 1.807) is 22.8 Å². The van der Waals surface area contributed by atoms with Gasteiger partial charge in [0.05, 0.1) is 23.2 Å². The molecule has 6 heteroatoms. The Balaban J connectivity index is 2.12. The molecule has 0 aliphatic carbocycles. The molecule has 0 saturated heterocycles. The number of rotatable bonds is 6. The van der Waals surface area contributed by atoms with E-state index in [0.29, 0.717) is 40.0 Å². The molecule has 0 bridgehead atoms.